The molecule has 1 aromatic carbocycles. The number of Topliss-reactive ketones (excluding diaryl/α,β-unsaturated/α-hetero) is 1. The van der Waals surface area contributed by atoms with E-state index < -0.39 is 6.09 Å². The molecule has 0 spiro atoms. The molecule has 3 rings (SSSR count). The van der Waals surface area contributed by atoms with Crippen molar-refractivity contribution >= 4 is 17.8 Å². The molecule has 164 valence electrons. The number of nitrogens with one attached hydrogen (secondary N) is 1. The van der Waals surface area contributed by atoms with Crippen molar-refractivity contribution in [3.8, 4) is 5.75 Å². The van der Waals surface area contributed by atoms with E-state index in [1.165, 1.54) is 0 Å². The van der Waals surface area contributed by atoms with Crippen LogP contribution in [0.15, 0.2) is 24.3 Å². The molecule has 1 saturated carbocycles. The lowest BCUT2D eigenvalue weighted by atomic mass is 10.1. The van der Waals surface area contributed by atoms with E-state index in [1.54, 1.807) is 0 Å². The predicted molar refractivity (Wildman–Crippen MR) is 112 cm³/mol. The Bertz CT molecular complexity index is 733. The van der Waals surface area contributed by atoms with Crippen LogP contribution < -0.4 is 10.1 Å². The second kappa shape index (κ2) is 11.0. The van der Waals surface area contributed by atoms with Crippen molar-refractivity contribution in [2.24, 2.45) is 5.92 Å². The van der Waals surface area contributed by atoms with Crippen molar-refractivity contribution in [2.45, 2.75) is 32.1 Å². The average Bonchev–Trinajstić information content (AvgIpc) is 3.58. The second-order valence-electron chi connectivity index (χ2n) is 7.92. The molecule has 2 aliphatic rings. The minimum Gasteiger partial charge on any atom is -0.494 e. The molecule has 1 heterocycles. The molecule has 2 amide bonds. The molecule has 8 heteroatoms. The number of hydrogen-bond donors (Lipinski definition) is 2. The lowest BCUT2D eigenvalue weighted by molar-refractivity contribution is -0.130. The van der Waals surface area contributed by atoms with Gasteiger partial charge in [-0.2, -0.15) is 0 Å². The van der Waals surface area contributed by atoms with Gasteiger partial charge in [-0.25, -0.2) is 4.79 Å². The highest BCUT2D eigenvalue weighted by atomic mass is 16.5. The lowest BCUT2D eigenvalue weighted by Crippen LogP contribution is -2.37. The Labute approximate surface area is 177 Å². The second-order valence-corrected chi connectivity index (χ2v) is 7.92. The molecule has 8 nitrogen and oxygen atoms in total. The van der Waals surface area contributed by atoms with Gasteiger partial charge in [0.25, 0.3) is 0 Å². The molecule has 1 aliphatic carbocycles. The van der Waals surface area contributed by atoms with Crippen molar-refractivity contribution < 1.29 is 24.2 Å². The van der Waals surface area contributed by atoms with E-state index in [0.29, 0.717) is 19.7 Å². The molecule has 1 saturated heterocycles. The molecule has 1 aliphatic heterocycles. The molecule has 2 fully saturated rings. The summed E-state index contributed by atoms with van der Waals surface area (Å²) in [5.74, 6) is 1.26. The fraction of sp³-hybridized carbons (Fsp3) is 0.591. The topological polar surface area (TPSA) is 99.2 Å². The quantitative estimate of drug-likeness (QED) is 0.447. The molecular weight excluding hydrogens is 386 g/mol. The third kappa shape index (κ3) is 7.02. The first kappa shape index (κ1) is 22.1. The maximum absolute atomic E-state index is 12.2. The number of ketones is 1. The molecular formula is C22H31N3O5. The number of carbonyl (C=O) groups excluding carboxylic acids is 2. The first-order chi connectivity index (χ1) is 14.5. The lowest BCUT2D eigenvalue weighted by Gasteiger charge is -2.22. The first-order valence-corrected chi connectivity index (χ1v) is 10.8. The number of rotatable bonds is 10. The van der Waals surface area contributed by atoms with Gasteiger partial charge in [-0.15, -0.1) is 0 Å². The van der Waals surface area contributed by atoms with Crippen molar-refractivity contribution in [1.82, 2.24) is 15.1 Å². The van der Waals surface area contributed by atoms with E-state index in [0.717, 1.165) is 56.6 Å². The molecule has 30 heavy (non-hydrogen) atoms. The minimum absolute atomic E-state index is 0.00227. The Morgan fingerprint density at radius 2 is 1.83 bits per heavy atom. The Morgan fingerprint density at radius 1 is 1.07 bits per heavy atom. The van der Waals surface area contributed by atoms with Crippen LogP contribution in [0.3, 0.4) is 0 Å². The zero-order valence-electron chi connectivity index (χ0n) is 17.3. The van der Waals surface area contributed by atoms with Crippen LogP contribution in [-0.2, 0) is 4.79 Å². The van der Waals surface area contributed by atoms with Gasteiger partial charge in [-0.1, -0.05) is 0 Å². The van der Waals surface area contributed by atoms with Gasteiger partial charge in [0.1, 0.15) is 5.75 Å². The highest BCUT2D eigenvalue weighted by molar-refractivity contribution is 5.99. The summed E-state index contributed by atoms with van der Waals surface area (Å²) in [4.78, 5) is 38.9. The fourth-order valence-corrected chi connectivity index (χ4v) is 3.65. The van der Waals surface area contributed by atoms with Crippen LogP contribution in [0.5, 0.6) is 5.75 Å². The monoisotopic (exact) mass is 417 g/mol. The third-order valence-corrected chi connectivity index (χ3v) is 5.53. The van der Waals surface area contributed by atoms with Gasteiger partial charge >= 0.3 is 6.09 Å². The van der Waals surface area contributed by atoms with E-state index in [-0.39, 0.29) is 30.6 Å². The van der Waals surface area contributed by atoms with Gasteiger partial charge in [0, 0.05) is 50.6 Å². The van der Waals surface area contributed by atoms with Crippen LogP contribution in [0.25, 0.3) is 0 Å². The van der Waals surface area contributed by atoms with Gasteiger partial charge in [0.05, 0.1) is 6.61 Å². The van der Waals surface area contributed by atoms with Crippen LogP contribution in [0.1, 0.15) is 42.5 Å². The SMILES string of the molecule is O=C(O)NCCC(=O)N1CCCN(CCCOc2ccc(C(=O)C3CC3)cc2)CC1. The summed E-state index contributed by atoms with van der Waals surface area (Å²) in [6.07, 6.45) is 2.93. The van der Waals surface area contributed by atoms with Gasteiger partial charge in [0.2, 0.25) is 5.91 Å². The number of benzene rings is 1. The summed E-state index contributed by atoms with van der Waals surface area (Å²) in [6.45, 7) is 4.80. The molecule has 0 aromatic heterocycles. The summed E-state index contributed by atoms with van der Waals surface area (Å²) in [5.41, 5.74) is 0.771. The van der Waals surface area contributed by atoms with Crippen LogP contribution in [0.2, 0.25) is 0 Å². The van der Waals surface area contributed by atoms with E-state index in [1.807, 2.05) is 29.2 Å². The van der Waals surface area contributed by atoms with E-state index >= 15 is 0 Å². The molecule has 2 N–H and O–H groups in total. The summed E-state index contributed by atoms with van der Waals surface area (Å²) < 4.78 is 5.80. The van der Waals surface area contributed by atoms with E-state index in [2.05, 4.69) is 10.2 Å². The van der Waals surface area contributed by atoms with E-state index in [9.17, 15) is 14.4 Å². The van der Waals surface area contributed by atoms with Gasteiger partial charge < -0.3 is 25.0 Å². The maximum atomic E-state index is 12.2. The smallest absolute Gasteiger partial charge is 0.404 e. The molecule has 0 radical (unpaired) electrons. The van der Waals surface area contributed by atoms with Crippen LogP contribution in [-0.4, -0.2) is 78.6 Å². The number of nitrogens with zero attached hydrogens (tertiary/aromatic N) is 2. The average molecular weight is 418 g/mol. The largest absolute Gasteiger partial charge is 0.494 e. The van der Waals surface area contributed by atoms with Crippen molar-refractivity contribution in [2.75, 3.05) is 45.9 Å². The first-order valence-electron chi connectivity index (χ1n) is 10.8. The zero-order chi connectivity index (χ0) is 21.3. The summed E-state index contributed by atoms with van der Waals surface area (Å²) in [6, 6.07) is 7.43. The number of ether oxygens (including phenoxy) is 1. The minimum atomic E-state index is -1.10. The zero-order valence-corrected chi connectivity index (χ0v) is 17.3. The van der Waals surface area contributed by atoms with Gasteiger partial charge in [-0.05, 0) is 56.5 Å². The van der Waals surface area contributed by atoms with Gasteiger partial charge in [0.15, 0.2) is 5.78 Å². The molecule has 1 aromatic rings. The fourth-order valence-electron chi connectivity index (χ4n) is 3.65. The number of carbonyl (C=O) groups is 3. The number of amides is 2. The third-order valence-electron chi connectivity index (χ3n) is 5.53. The van der Waals surface area contributed by atoms with Crippen molar-refractivity contribution in [3.63, 3.8) is 0 Å². The highest BCUT2D eigenvalue weighted by Gasteiger charge is 2.30. The van der Waals surface area contributed by atoms with Crippen LogP contribution in [0, 0.1) is 5.92 Å². The Kier molecular flexibility index (Phi) is 8.07. The van der Waals surface area contributed by atoms with Crippen LogP contribution in [0.4, 0.5) is 4.79 Å². The predicted octanol–water partition coefficient (Wildman–Crippen LogP) is 2.24. The normalized spacial score (nSPS) is 17.3. The van der Waals surface area contributed by atoms with Crippen molar-refractivity contribution in [1.29, 1.82) is 0 Å². The molecule has 0 atom stereocenters. The maximum Gasteiger partial charge on any atom is 0.404 e. The van der Waals surface area contributed by atoms with Crippen molar-refractivity contribution in [3.05, 3.63) is 29.8 Å². The Balaban J connectivity index is 1.31. The van der Waals surface area contributed by atoms with E-state index in [4.69, 9.17) is 9.84 Å². The standard InChI is InChI=1S/C22H31N3O5/c26-20(9-10-23-22(28)29)25-13-1-11-24(14-15-25)12-2-16-30-19-7-5-18(6-8-19)21(27)17-3-4-17/h5-8,17,23H,1-4,9-16H2,(H,28,29). The molecule has 0 unspecified atom stereocenters. The summed E-state index contributed by atoms with van der Waals surface area (Å²) >= 11 is 0. The molecule has 0 bridgehead atoms. The Hall–Kier alpha value is -2.61. The summed E-state index contributed by atoms with van der Waals surface area (Å²) in [5, 5.41) is 10.8. The van der Waals surface area contributed by atoms with Gasteiger partial charge in [-0.3, -0.25) is 9.59 Å². The Morgan fingerprint density at radius 3 is 2.53 bits per heavy atom. The number of hydrogen-bond acceptors (Lipinski definition) is 5. The summed E-state index contributed by atoms with van der Waals surface area (Å²) in [7, 11) is 0. The number of carboxylic acid groups (broad SMARTS) is 1. The highest BCUT2D eigenvalue weighted by Crippen LogP contribution is 2.32. The van der Waals surface area contributed by atoms with Crippen LogP contribution >= 0.6 is 0 Å².